The predicted octanol–water partition coefficient (Wildman–Crippen LogP) is 5.16. The van der Waals surface area contributed by atoms with Crippen LogP contribution in [0.2, 0.25) is 0 Å². The highest BCUT2D eigenvalue weighted by Gasteiger charge is 2.35. The number of amides is 2. The first kappa shape index (κ1) is 22.4. The number of anilines is 2. The molecule has 6 heteroatoms. The molecule has 1 aliphatic heterocycles. The Hall–Kier alpha value is -3.80. The average Bonchev–Trinajstić information content (AvgIpc) is 3.34. The van der Waals surface area contributed by atoms with Crippen LogP contribution in [0.15, 0.2) is 78.9 Å². The van der Waals surface area contributed by atoms with Gasteiger partial charge in [-0.15, -0.1) is 0 Å². The van der Waals surface area contributed by atoms with Gasteiger partial charge in [0, 0.05) is 32.0 Å². The van der Waals surface area contributed by atoms with Crippen molar-refractivity contribution in [3.8, 4) is 11.1 Å². The van der Waals surface area contributed by atoms with Gasteiger partial charge in [-0.2, -0.15) is 0 Å². The number of nitrogens with one attached hydrogen (secondary N) is 1. The maximum absolute atomic E-state index is 13.0. The molecule has 2 amide bonds. The van der Waals surface area contributed by atoms with Crippen molar-refractivity contribution in [2.45, 2.75) is 25.5 Å². The molecule has 0 aromatic heterocycles. The van der Waals surface area contributed by atoms with E-state index in [1.165, 1.54) is 4.90 Å². The molecule has 6 nitrogen and oxygen atoms in total. The molecular weight excluding hydrogens is 414 g/mol. The molecule has 1 N–H and O–H groups in total. The lowest BCUT2D eigenvalue weighted by atomic mass is 10.0. The Bertz CT molecular complexity index is 1100. The van der Waals surface area contributed by atoms with Gasteiger partial charge in [-0.3, -0.25) is 9.69 Å². The first-order valence-electron chi connectivity index (χ1n) is 11.2. The molecular formula is C27H29N3O3. The molecule has 3 aromatic rings. The summed E-state index contributed by atoms with van der Waals surface area (Å²) in [6.07, 6.45) is 0.945. The Balaban J connectivity index is 1.40. The molecule has 0 spiro atoms. The molecule has 33 heavy (non-hydrogen) atoms. The van der Waals surface area contributed by atoms with Crippen LogP contribution in [0.4, 0.5) is 16.2 Å². The van der Waals surface area contributed by atoms with E-state index in [0.29, 0.717) is 18.7 Å². The normalized spacial score (nSPS) is 15.2. The van der Waals surface area contributed by atoms with Crippen molar-refractivity contribution in [3.63, 3.8) is 0 Å². The van der Waals surface area contributed by atoms with Crippen molar-refractivity contribution in [3.05, 3.63) is 84.4 Å². The van der Waals surface area contributed by atoms with Gasteiger partial charge in [-0.1, -0.05) is 54.6 Å². The van der Waals surface area contributed by atoms with Crippen LogP contribution in [-0.2, 0) is 16.1 Å². The molecule has 1 aliphatic rings. The third kappa shape index (κ3) is 5.52. The number of carbonyl (C=O) groups is 2. The summed E-state index contributed by atoms with van der Waals surface area (Å²) in [5.41, 5.74) is 4.84. The van der Waals surface area contributed by atoms with E-state index in [4.69, 9.17) is 4.74 Å². The van der Waals surface area contributed by atoms with Crippen molar-refractivity contribution in [2.75, 3.05) is 30.9 Å². The third-order valence-electron chi connectivity index (χ3n) is 5.84. The zero-order valence-electron chi connectivity index (χ0n) is 19.0. The van der Waals surface area contributed by atoms with Crippen LogP contribution in [-0.4, -0.2) is 43.6 Å². The van der Waals surface area contributed by atoms with Crippen LogP contribution >= 0.6 is 0 Å². The summed E-state index contributed by atoms with van der Waals surface area (Å²) < 4.78 is 5.45. The molecule has 1 atom stereocenters. The highest BCUT2D eigenvalue weighted by atomic mass is 16.6. The monoisotopic (exact) mass is 443 g/mol. The number of hydrogen-bond donors (Lipinski definition) is 1. The van der Waals surface area contributed by atoms with E-state index >= 15 is 0 Å². The molecule has 170 valence electrons. The number of likely N-dealkylation sites (tertiary alicyclic amines) is 1. The second-order valence-electron chi connectivity index (χ2n) is 8.40. The predicted molar refractivity (Wildman–Crippen MR) is 131 cm³/mol. The van der Waals surface area contributed by atoms with Crippen LogP contribution in [0, 0.1) is 0 Å². The smallest absolute Gasteiger partial charge is 0.410 e. The third-order valence-corrected chi connectivity index (χ3v) is 5.84. The summed E-state index contributed by atoms with van der Waals surface area (Å²) in [7, 11) is 4.02. The van der Waals surface area contributed by atoms with Crippen LogP contribution in [0.1, 0.15) is 18.4 Å². The van der Waals surface area contributed by atoms with Crippen molar-refractivity contribution in [1.29, 1.82) is 0 Å². The average molecular weight is 444 g/mol. The molecule has 3 aromatic carbocycles. The SMILES string of the molecule is CN(C)c1ccc(-c2cccc(NC(=O)C3CCCN3C(=O)OCc3ccccc3)c2)cc1. The van der Waals surface area contributed by atoms with E-state index < -0.39 is 12.1 Å². The molecule has 0 bridgehead atoms. The number of ether oxygens (including phenoxy) is 1. The number of rotatable bonds is 6. The van der Waals surface area contributed by atoms with Crippen molar-refractivity contribution in [2.24, 2.45) is 0 Å². The van der Waals surface area contributed by atoms with Gasteiger partial charge in [-0.05, 0) is 53.8 Å². The molecule has 0 saturated carbocycles. The Morgan fingerprint density at radius 3 is 2.45 bits per heavy atom. The molecule has 0 radical (unpaired) electrons. The highest BCUT2D eigenvalue weighted by Crippen LogP contribution is 2.26. The Labute approximate surface area is 194 Å². The van der Waals surface area contributed by atoms with Crippen LogP contribution < -0.4 is 10.2 Å². The molecule has 1 fully saturated rings. The Morgan fingerprint density at radius 1 is 0.970 bits per heavy atom. The second kappa shape index (κ2) is 10.2. The largest absolute Gasteiger partial charge is 0.445 e. The minimum Gasteiger partial charge on any atom is -0.445 e. The fraction of sp³-hybridized carbons (Fsp3) is 0.259. The first-order valence-corrected chi connectivity index (χ1v) is 11.2. The molecule has 1 heterocycles. The summed E-state index contributed by atoms with van der Waals surface area (Å²) in [6.45, 7) is 0.711. The topological polar surface area (TPSA) is 61.9 Å². The van der Waals surface area contributed by atoms with E-state index in [2.05, 4.69) is 34.5 Å². The summed E-state index contributed by atoms with van der Waals surface area (Å²) in [5, 5.41) is 2.99. The van der Waals surface area contributed by atoms with Gasteiger partial charge in [0.1, 0.15) is 12.6 Å². The number of hydrogen-bond acceptors (Lipinski definition) is 4. The van der Waals surface area contributed by atoms with E-state index in [0.717, 1.165) is 28.8 Å². The quantitative estimate of drug-likeness (QED) is 0.572. The molecule has 1 unspecified atom stereocenters. The minimum atomic E-state index is -0.531. The van der Waals surface area contributed by atoms with Gasteiger partial charge >= 0.3 is 6.09 Å². The van der Waals surface area contributed by atoms with Gasteiger partial charge in [0.15, 0.2) is 0 Å². The lowest BCUT2D eigenvalue weighted by molar-refractivity contribution is -0.120. The maximum Gasteiger partial charge on any atom is 0.410 e. The lowest BCUT2D eigenvalue weighted by Gasteiger charge is -2.23. The summed E-state index contributed by atoms with van der Waals surface area (Å²) >= 11 is 0. The summed E-state index contributed by atoms with van der Waals surface area (Å²) in [6, 6.07) is 25.0. The van der Waals surface area contributed by atoms with E-state index in [9.17, 15) is 9.59 Å². The summed E-state index contributed by atoms with van der Waals surface area (Å²) in [5.74, 6) is -0.190. The van der Waals surface area contributed by atoms with E-state index in [-0.39, 0.29) is 12.5 Å². The zero-order valence-corrected chi connectivity index (χ0v) is 19.0. The fourth-order valence-corrected chi connectivity index (χ4v) is 4.01. The maximum atomic E-state index is 13.0. The van der Waals surface area contributed by atoms with Crippen molar-refractivity contribution in [1.82, 2.24) is 4.90 Å². The van der Waals surface area contributed by atoms with Crippen LogP contribution in [0.5, 0.6) is 0 Å². The lowest BCUT2D eigenvalue weighted by Crippen LogP contribution is -2.43. The number of nitrogens with zero attached hydrogens (tertiary/aromatic N) is 2. The van der Waals surface area contributed by atoms with Gasteiger partial charge in [0.25, 0.3) is 0 Å². The Kier molecular flexibility index (Phi) is 6.93. The van der Waals surface area contributed by atoms with Gasteiger partial charge < -0.3 is 15.0 Å². The van der Waals surface area contributed by atoms with E-state index in [1.54, 1.807) is 0 Å². The van der Waals surface area contributed by atoms with Gasteiger partial charge in [-0.25, -0.2) is 4.79 Å². The fourth-order valence-electron chi connectivity index (χ4n) is 4.01. The molecule has 0 aliphatic carbocycles. The highest BCUT2D eigenvalue weighted by molar-refractivity contribution is 5.97. The summed E-state index contributed by atoms with van der Waals surface area (Å²) in [4.78, 5) is 29.2. The Morgan fingerprint density at radius 2 is 1.73 bits per heavy atom. The zero-order chi connectivity index (χ0) is 23.2. The van der Waals surface area contributed by atoms with Gasteiger partial charge in [0.05, 0.1) is 0 Å². The van der Waals surface area contributed by atoms with Crippen LogP contribution in [0.3, 0.4) is 0 Å². The van der Waals surface area contributed by atoms with Crippen molar-refractivity contribution < 1.29 is 14.3 Å². The van der Waals surface area contributed by atoms with Gasteiger partial charge in [0.2, 0.25) is 5.91 Å². The number of carbonyl (C=O) groups excluding carboxylic acids is 2. The minimum absolute atomic E-state index is 0.190. The second-order valence-corrected chi connectivity index (χ2v) is 8.40. The van der Waals surface area contributed by atoms with Crippen LogP contribution in [0.25, 0.3) is 11.1 Å². The molecule has 1 saturated heterocycles. The molecule has 4 rings (SSSR count). The number of benzene rings is 3. The van der Waals surface area contributed by atoms with E-state index in [1.807, 2.05) is 68.7 Å². The standard InChI is InChI=1S/C27H29N3O3/c1-29(2)24-15-13-21(14-16-24)22-10-6-11-23(18-22)28-26(31)25-12-7-17-30(25)27(32)33-19-20-8-4-3-5-9-20/h3-6,8-11,13-16,18,25H,7,12,17,19H2,1-2H3,(H,28,31). The first-order chi connectivity index (χ1) is 16.0. The van der Waals surface area contributed by atoms with Crippen molar-refractivity contribution >= 4 is 23.4 Å².